The van der Waals surface area contributed by atoms with Gasteiger partial charge in [-0.15, -0.1) is 0 Å². The van der Waals surface area contributed by atoms with Crippen LogP contribution in [-0.2, 0) is 28.6 Å². The first-order valence-electron chi connectivity index (χ1n) is 30.5. The van der Waals surface area contributed by atoms with Crippen molar-refractivity contribution < 1.29 is 28.6 Å². The number of unbranched alkanes of at least 4 members (excludes halogenated alkanes) is 46. The van der Waals surface area contributed by atoms with Gasteiger partial charge in [-0.1, -0.05) is 316 Å². The number of hydrogen-bond acceptors (Lipinski definition) is 6. The van der Waals surface area contributed by atoms with E-state index < -0.39 is 6.10 Å². The maximum atomic E-state index is 12.7. The van der Waals surface area contributed by atoms with Crippen molar-refractivity contribution >= 4 is 17.9 Å². The van der Waals surface area contributed by atoms with Gasteiger partial charge in [-0.3, -0.25) is 14.4 Å². The Kier molecular flexibility index (Phi) is 55.6. The lowest BCUT2D eigenvalue weighted by molar-refractivity contribution is -0.167. The van der Waals surface area contributed by atoms with Crippen molar-refractivity contribution in [3.63, 3.8) is 0 Å². The van der Waals surface area contributed by atoms with Crippen molar-refractivity contribution in [2.24, 2.45) is 0 Å². The Bertz CT molecular complexity index is 998. The van der Waals surface area contributed by atoms with E-state index in [1.165, 1.54) is 250 Å². The average Bonchev–Trinajstić information content (AvgIpc) is 3.33. The van der Waals surface area contributed by atoms with E-state index in [9.17, 15) is 14.4 Å². The highest BCUT2D eigenvalue weighted by Crippen LogP contribution is 2.18. The summed E-state index contributed by atoms with van der Waals surface area (Å²) in [5.74, 6) is -0.853. The number of carbonyl (C=O) groups excluding carboxylic acids is 3. The molecule has 0 N–H and O–H groups in total. The molecule has 0 saturated heterocycles. The summed E-state index contributed by atoms with van der Waals surface area (Å²) in [7, 11) is 0. The SMILES string of the molecule is CCCCCCCCCCCCCCCCCCCCCCCCCCCCCCCCC(=O)OCC(COC(=O)CCCCCCC)OC(=O)CCCCCCCCCCCCCCCC. The number of ether oxygens (including phenoxy) is 3. The fourth-order valence-corrected chi connectivity index (χ4v) is 9.51. The van der Waals surface area contributed by atoms with E-state index in [4.69, 9.17) is 14.2 Å². The molecule has 0 saturated carbocycles. The highest BCUT2D eigenvalue weighted by atomic mass is 16.6. The van der Waals surface area contributed by atoms with Gasteiger partial charge in [0.2, 0.25) is 0 Å². The first-order valence-corrected chi connectivity index (χ1v) is 30.5. The molecule has 0 aliphatic carbocycles. The zero-order valence-corrected chi connectivity index (χ0v) is 45.7. The molecule has 0 amide bonds. The van der Waals surface area contributed by atoms with Gasteiger partial charge >= 0.3 is 17.9 Å². The Balaban J connectivity index is 3.87. The Morgan fingerprint density at radius 1 is 0.239 bits per heavy atom. The molecule has 6 nitrogen and oxygen atoms in total. The highest BCUT2D eigenvalue weighted by Gasteiger charge is 2.19. The molecular formula is C61H118O6. The quantitative estimate of drug-likeness (QED) is 0.0343. The minimum absolute atomic E-state index is 0.0628. The van der Waals surface area contributed by atoms with Crippen molar-refractivity contribution in [3.05, 3.63) is 0 Å². The van der Waals surface area contributed by atoms with Crippen LogP contribution in [0.3, 0.4) is 0 Å². The van der Waals surface area contributed by atoms with E-state index >= 15 is 0 Å². The number of esters is 3. The van der Waals surface area contributed by atoms with E-state index in [2.05, 4.69) is 20.8 Å². The Labute approximate surface area is 418 Å². The van der Waals surface area contributed by atoms with Crippen LogP contribution in [0.25, 0.3) is 0 Å². The minimum Gasteiger partial charge on any atom is -0.462 e. The summed E-state index contributed by atoms with van der Waals surface area (Å²) in [5, 5.41) is 0. The maximum absolute atomic E-state index is 12.7. The molecule has 0 aliphatic rings. The van der Waals surface area contributed by atoms with Crippen LogP contribution >= 0.6 is 0 Å². The third-order valence-electron chi connectivity index (χ3n) is 14.1. The normalized spacial score (nSPS) is 11.9. The smallest absolute Gasteiger partial charge is 0.306 e. The summed E-state index contributed by atoms with van der Waals surface area (Å²) in [4.78, 5) is 37.8. The molecule has 0 aromatic rings. The Hall–Kier alpha value is -1.59. The van der Waals surface area contributed by atoms with E-state index in [0.29, 0.717) is 19.3 Å². The largest absolute Gasteiger partial charge is 0.462 e. The highest BCUT2D eigenvalue weighted by molar-refractivity contribution is 5.71. The summed E-state index contributed by atoms with van der Waals surface area (Å²) in [6, 6.07) is 0. The summed E-state index contributed by atoms with van der Waals surface area (Å²) in [5.41, 5.74) is 0. The number of carbonyl (C=O) groups is 3. The molecule has 0 fully saturated rings. The molecule has 398 valence electrons. The van der Waals surface area contributed by atoms with Crippen LogP contribution in [0.15, 0.2) is 0 Å². The van der Waals surface area contributed by atoms with Gasteiger partial charge in [0, 0.05) is 19.3 Å². The van der Waals surface area contributed by atoms with Gasteiger partial charge in [-0.25, -0.2) is 0 Å². The Morgan fingerprint density at radius 3 is 0.597 bits per heavy atom. The lowest BCUT2D eigenvalue weighted by atomic mass is 10.0. The van der Waals surface area contributed by atoms with Crippen LogP contribution in [0.5, 0.6) is 0 Å². The van der Waals surface area contributed by atoms with Gasteiger partial charge in [0.15, 0.2) is 6.10 Å². The van der Waals surface area contributed by atoms with Crippen LogP contribution < -0.4 is 0 Å². The molecule has 0 aromatic carbocycles. The maximum Gasteiger partial charge on any atom is 0.306 e. The molecule has 67 heavy (non-hydrogen) atoms. The second-order valence-electron chi connectivity index (χ2n) is 21.0. The first-order chi connectivity index (χ1) is 33.0. The molecule has 0 radical (unpaired) electrons. The molecular weight excluding hydrogens is 829 g/mol. The van der Waals surface area contributed by atoms with Crippen molar-refractivity contribution in [1.82, 2.24) is 0 Å². The second kappa shape index (κ2) is 57.0. The van der Waals surface area contributed by atoms with Gasteiger partial charge in [0.05, 0.1) is 0 Å². The van der Waals surface area contributed by atoms with Gasteiger partial charge < -0.3 is 14.2 Å². The molecule has 0 rings (SSSR count). The predicted octanol–water partition coefficient (Wildman–Crippen LogP) is 20.3. The van der Waals surface area contributed by atoms with Crippen molar-refractivity contribution in [3.8, 4) is 0 Å². The third kappa shape index (κ3) is 55.2. The third-order valence-corrected chi connectivity index (χ3v) is 14.1. The lowest BCUT2D eigenvalue weighted by Gasteiger charge is -2.18. The van der Waals surface area contributed by atoms with Crippen molar-refractivity contribution in [2.45, 2.75) is 361 Å². The lowest BCUT2D eigenvalue weighted by Crippen LogP contribution is -2.30. The van der Waals surface area contributed by atoms with Crippen LogP contribution in [0.1, 0.15) is 355 Å². The molecule has 6 heteroatoms. The molecule has 0 aliphatic heterocycles. The molecule has 0 heterocycles. The second-order valence-corrected chi connectivity index (χ2v) is 21.0. The van der Waals surface area contributed by atoms with Crippen LogP contribution in [0.2, 0.25) is 0 Å². The van der Waals surface area contributed by atoms with E-state index in [1.54, 1.807) is 0 Å². The standard InChI is InChI=1S/C61H118O6/c1-4-7-10-13-15-17-19-21-23-24-25-26-27-28-29-30-31-32-33-34-35-36-37-38-40-41-43-45-48-51-54-60(63)66-57-58(56-65-59(62)53-50-47-12-9-6-3)67-61(64)55-52-49-46-44-42-39-22-20-18-16-14-11-8-5-2/h58H,4-57H2,1-3H3. The minimum atomic E-state index is -0.759. The molecule has 1 atom stereocenters. The molecule has 1 unspecified atom stereocenters. The zero-order valence-electron chi connectivity index (χ0n) is 45.7. The number of hydrogen-bond donors (Lipinski definition) is 0. The summed E-state index contributed by atoms with van der Waals surface area (Å²) in [6.07, 6.45) is 64.6. The van der Waals surface area contributed by atoms with E-state index in [1.807, 2.05) is 0 Å². The number of rotatable bonds is 57. The van der Waals surface area contributed by atoms with Gasteiger partial charge in [-0.05, 0) is 19.3 Å². The van der Waals surface area contributed by atoms with Gasteiger partial charge in [0.1, 0.15) is 13.2 Å². The average molecular weight is 948 g/mol. The van der Waals surface area contributed by atoms with Crippen molar-refractivity contribution in [2.75, 3.05) is 13.2 Å². The zero-order chi connectivity index (χ0) is 48.6. The fraction of sp³-hybridized carbons (Fsp3) is 0.951. The van der Waals surface area contributed by atoms with Crippen LogP contribution in [-0.4, -0.2) is 37.2 Å². The fourth-order valence-electron chi connectivity index (χ4n) is 9.51. The topological polar surface area (TPSA) is 78.9 Å². The summed E-state index contributed by atoms with van der Waals surface area (Å²) in [6.45, 7) is 6.62. The molecule has 0 bridgehead atoms. The predicted molar refractivity (Wildman–Crippen MR) is 289 cm³/mol. The van der Waals surface area contributed by atoms with Crippen LogP contribution in [0.4, 0.5) is 0 Å². The first kappa shape index (κ1) is 65.4. The van der Waals surface area contributed by atoms with Crippen molar-refractivity contribution in [1.29, 1.82) is 0 Å². The van der Waals surface area contributed by atoms with Gasteiger partial charge in [0.25, 0.3) is 0 Å². The summed E-state index contributed by atoms with van der Waals surface area (Å²) < 4.78 is 16.7. The van der Waals surface area contributed by atoms with E-state index in [0.717, 1.165) is 64.2 Å². The summed E-state index contributed by atoms with van der Waals surface area (Å²) >= 11 is 0. The molecule has 0 spiro atoms. The molecule has 0 aromatic heterocycles. The van der Waals surface area contributed by atoms with E-state index in [-0.39, 0.29) is 31.1 Å². The van der Waals surface area contributed by atoms with Gasteiger partial charge in [-0.2, -0.15) is 0 Å². The van der Waals surface area contributed by atoms with Crippen LogP contribution in [0, 0.1) is 0 Å². The monoisotopic (exact) mass is 947 g/mol. The Morgan fingerprint density at radius 2 is 0.403 bits per heavy atom.